The number of hydrogen-bond donors (Lipinski definition) is 1. The van der Waals surface area contributed by atoms with Gasteiger partial charge in [0.05, 0.1) is 12.1 Å². The first-order valence-corrected chi connectivity index (χ1v) is 9.85. The minimum Gasteiger partial charge on any atom is -0.488 e. The number of carbonyl (C=O) groups is 1. The number of nitrogens with zero attached hydrogens (tertiary/aromatic N) is 2. The van der Waals surface area contributed by atoms with Crippen LogP contribution in [0.25, 0.3) is 16.2 Å². The molecule has 0 fully saturated rings. The van der Waals surface area contributed by atoms with Crippen LogP contribution in [0, 0.1) is 0 Å². The number of rotatable bonds is 6. The van der Waals surface area contributed by atoms with Gasteiger partial charge in [0.15, 0.2) is 4.96 Å². The van der Waals surface area contributed by atoms with E-state index in [1.807, 2.05) is 65.3 Å². The molecule has 0 atom stereocenters. The van der Waals surface area contributed by atoms with Gasteiger partial charge in [0.2, 0.25) is 0 Å². The second-order valence-corrected chi connectivity index (χ2v) is 8.01. The lowest BCUT2D eigenvalue weighted by Gasteiger charge is -2.11. The third kappa shape index (κ3) is 4.04. The smallest absolute Gasteiger partial charge is 0.308 e. The van der Waals surface area contributed by atoms with Gasteiger partial charge in [0, 0.05) is 27.3 Å². The molecule has 27 heavy (non-hydrogen) atoms. The molecular weight excluding hydrogens is 428 g/mol. The van der Waals surface area contributed by atoms with Gasteiger partial charge in [0.1, 0.15) is 12.4 Å². The molecule has 7 heteroatoms. The van der Waals surface area contributed by atoms with Crippen molar-refractivity contribution in [1.82, 2.24) is 9.38 Å². The van der Waals surface area contributed by atoms with Gasteiger partial charge in [-0.05, 0) is 23.8 Å². The third-order valence-corrected chi connectivity index (χ3v) is 5.47. The summed E-state index contributed by atoms with van der Waals surface area (Å²) in [5, 5.41) is 8.94. The lowest BCUT2D eigenvalue weighted by Crippen LogP contribution is -1.97. The van der Waals surface area contributed by atoms with Gasteiger partial charge in [0.25, 0.3) is 0 Å². The fourth-order valence-corrected chi connectivity index (χ4v) is 4.08. The van der Waals surface area contributed by atoms with E-state index in [0.29, 0.717) is 6.61 Å². The fraction of sp³-hybridized carbons (Fsp3) is 0.100. The molecule has 2 heterocycles. The van der Waals surface area contributed by atoms with E-state index in [-0.39, 0.29) is 6.42 Å². The number of fused-ring (bicyclic) bond motifs is 1. The van der Waals surface area contributed by atoms with Crippen molar-refractivity contribution in [2.24, 2.45) is 0 Å². The molecule has 0 aliphatic heterocycles. The average molecular weight is 443 g/mol. The summed E-state index contributed by atoms with van der Waals surface area (Å²) in [6, 6.07) is 15.8. The minimum atomic E-state index is -0.844. The normalized spacial score (nSPS) is 11.0. The van der Waals surface area contributed by atoms with Crippen LogP contribution in [-0.4, -0.2) is 20.5 Å². The maximum atomic E-state index is 10.9. The van der Waals surface area contributed by atoms with Crippen molar-refractivity contribution >= 4 is 38.2 Å². The Bertz CT molecular complexity index is 1070. The summed E-state index contributed by atoms with van der Waals surface area (Å²) < 4.78 is 8.84. The molecule has 0 aliphatic rings. The summed E-state index contributed by atoms with van der Waals surface area (Å²) in [6.45, 7) is 0.473. The number of halogens is 1. The molecule has 4 rings (SSSR count). The molecule has 0 bridgehead atoms. The third-order valence-electron chi connectivity index (χ3n) is 3.98. The highest BCUT2D eigenvalue weighted by atomic mass is 79.9. The van der Waals surface area contributed by atoms with E-state index < -0.39 is 5.97 Å². The van der Waals surface area contributed by atoms with Crippen molar-refractivity contribution in [3.8, 4) is 17.0 Å². The number of aromatic nitrogens is 2. The molecule has 0 saturated heterocycles. The highest BCUT2D eigenvalue weighted by Gasteiger charge is 2.14. The summed E-state index contributed by atoms with van der Waals surface area (Å²) in [5.41, 5.74) is 2.76. The predicted molar refractivity (Wildman–Crippen MR) is 108 cm³/mol. The van der Waals surface area contributed by atoms with E-state index in [2.05, 4.69) is 20.9 Å². The van der Waals surface area contributed by atoms with E-state index in [9.17, 15) is 4.79 Å². The topological polar surface area (TPSA) is 63.8 Å². The van der Waals surface area contributed by atoms with Gasteiger partial charge in [-0.15, -0.1) is 11.3 Å². The van der Waals surface area contributed by atoms with Crippen LogP contribution < -0.4 is 4.74 Å². The number of imidazole rings is 1. The summed E-state index contributed by atoms with van der Waals surface area (Å²) in [5.74, 6) is -0.0955. The quantitative estimate of drug-likeness (QED) is 0.454. The second kappa shape index (κ2) is 7.54. The maximum Gasteiger partial charge on any atom is 0.308 e. The van der Waals surface area contributed by atoms with Crippen LogP contribution in [0.15, 0.2) is 65.4 Å². The molecule has 5 nitrogen and oxygen atoms in total. The second-order valence-electron chi connectivity index (χ2n) is 6.00. The molecule has 0 spiro atoms. The van der Waals surface area contributed by atoms with Gasteiger partial charge in [-0.25, -0.2) is 4.98 Å². The van der Waals surface area contributed by atoms with Gasteiger partial charge < -0.3 is 9.84 Å². The molecule has 0 unspecified atom stereocenters. The van der Waals surface area contributed by atoms with Crippen molar-refractivity contribution in [3.05, 3.63) is 75.8 Å². The van der Waals surface area contributed by atoms with E-state index in [0.717, 1.165) is 36.9 Å². The van der Waals surface area contributed by atoms with Crippen LogP contribution in [0.5, 0.6) is 5.75 Å². The lowest BCUT2D eigenvalue weighted by molar-refractivity contribution is -0.136. The Morgan fingerprint density at radius 1 is 1.19 bits per heavy atom. The summed E-state index contributed by atoms with van der Waals surface area (Å²) in [4.78, 5) is 17.1. The Kier molecular flexibility index (Phi) is 4.96. The Balaban J connectivity index is 1.64. The Morgan fingerprint density at radius 2 is 2.00 bits per heavy atom. The van der Waals surface area contributed by atoms with Gasteiger partial charge >= 0.3 is 5.97 Å². The lowest BCUT2D eigenvalue weighted by atomic mass is 10.1. The zero-order valence-corrected chi connectivity index (χ0v) is 16.5. The van der Waals surface area contributed by atoms with Crippen LogP contribution in [0.1, 0.15) is 10.4 Å². The molecular formula is C20H15BrN2O3S. The molecule has 2 aromatic heterocycles. The average Bonchev–Trinajstić information content (AvgIpc) is 3.19. The van der Waals surface area contributed by atoms with E-state index in [1.165, 1.54) is 11.3 Å². The largest absolute Gasteiger partial charge is 0.488 e. The molecule has 0 radical (unpaired) electrons. The zero-order chi connectivity index (χ0) is 18.8. The van der Waals surface area contributed by atoms with Gasteiger partial charge in [-0.3, -0.25) is 9.20 Å². The molecule has 1 N–H and O–H groups in total. The van der Waals surface area contributed by atoms with Crippen molar-refractivity contribution < 1.29 is 14.6 Å². The molecule has 4 aromatic rings. The number of carboxylic acid groups (broad SMARTS) is 1. The SMILES string of the molecule is O=C(O)Cc1cn2cc(-c3cc(Br)ccc3OCc3ccccc3)nc2s1. The Hall–Kier alpha value is -2.64. The monoisotopic (exact) mass is 442 g/mol. The fourth-order valence-electron chi connectivity index (χ4n) is 2.77. The number of ether oxygens (including phenoxy) is 1. The van der Waals surface area contributed by atoms with Crippen molar-refractivity contribution in [3.63, 3.8) is 0 Å². The van der Waals surface area contributed by atoms with E-state index in [4.69, 9.17) is 9.84 Å². The van der Waals surface area contributed by atoms with E-state index in [1.54, 1.807) is 0 Å². The molecule has 0 amide bonds. The van der Waals surface area contributed by atoms with Crippen LogP contribution in [0.2, 0.25) is 0 Å². The first-order valence-electron chi connectivity index (χ1n) is 8.24. The molecule has 2 aromatic carbocycles. The number of benzene rings is 2. The van der Waals surface area contributed by atoms with Crippen LogP contribution in [-0.2, 0) is 17.8 Å². The Morgan fingerprint density at radius 3 is 2.74 bits per heavy atom. The number of thiazole rings is 1. The number of hydrogen-bond acceptors (Lipinski definition) is 4. The summed E-state index contributed by atoms with van der Waals surface area (Å²) >= 11 is 4.89. The molecule has 0 aliphatic carbocycles. The number of aliphatic carboxylic acids is 1. The predicted octanol–water partition coefficient (Wildman–Crippen LogP) is 5.03. The first-order chi connectivity index (χ1) is 13.1. The molecule has 136 valence electrons. The van der Waals surface area contributed by atoms with Gasteiger partial charge in [-0.2, -0.15) is 0 Å². The van der Waals surface area contributed by atoms with Crippen LogP contribution in [0.4, 0.5) is 0 Å². The maximum absolute atomic E-state index is 10.9. The summed E-state index contributed by atoms with van der Waals surface area (Å²) in [6.07, 6.45) is 3.72. The molecule has 0 saturated carbocycles. The standard InChI is InChI=1S/C20H15BrN2O3S/c21-14-6-7-18(26-12-13-4-2-1-3-5-13)16(8-14)17-11-23-10-15(9-19(24)25)27-20(23)22-17/h1-8,10-11H,9,12H2,(H,24,25). The van der Waals surface area contributed by atoms with Crippen molar-refractivity contribution in [2.75, 3.05) is 0 Å². The highest BCUT2D eigenvalue weighted by molar-refractivity contribution is 9.10. The Labute approximate surface area is 168 Å². The van der Waals surface area contributed by atoms with Crippen molar-refractivity contribution in [2.45, 2.75) is 13.0 Å². The minimum absolute atomic E-state index is 0.00564. The highest BCUT2D eigenvalue weighted by Crippen LogP contribution is 2.34. The van der Waals surface area contributed by atoms with E-state index >= 15 is 0 Å². The van der Waals surface area contributed by atoms with Crippen LogP contribution >= 0.6 is 27.3 Å². The van der Waals surface area contributed by atoms with Crippen molar-refractivity contribution in [1.29, 1.82) is 0 Å². The number of carboxylic acids is 1. The van der Waals surface area contributed by atoms with Crippen LogP contribution in [0.3, 0.4) is 0 Å². The summed E-state index contributed by atoms with van der Waals surface area (Å²) in [7, 11) is 0. The zero-order valence-electron chi connectivity index (χ0n) is 14.1. The first kappa shape index (κ1) is 17.8. The van der Waals surface area contributed by atoms with Gasteiger partial charge in [-0.1, -0.05) is 46.3 Å².